The number of thioether (sulfide) groups is 1. The number of likely N-dealkylation sites (tertiary alicyclic amines) is 1. The lowest BCUT2D eigenvalue weighted by Crippen LogP contribution is -2.71. The van der Waals surface area contributed by atoms with Crippen LogP contribution in [0.5, 0.6) is 51.7 Å². The molecule has 0 unspecified atom stereocenters. The third kappa shape index (κ3) is 24.0. The van der Waals surface area contributed by atoms with Crippen LogP contribution < -0.4 is 58.6 Å². The van der Waals surface area contributed by atoms with Gasteiger partial charge in [0.05, 0.1) is 82.9 Å². The van der Waals surface area contributed by atoms with Crippen molar-refractivity contribution in [1.82, 2.24) is 25.4 Å². The normalized spacial score (nSPS) is 15.0. The molecular weight excluding hydrogens is 1640 g/mol. The molecule has 8 aromatic rings. The van der Waals surface area contributed by atoms with Gasteiger partial charge in [-0.1, -0.05) is 89.0 Å². The molecule has 0 saturated carbocycles. The Balaban J connectivity index is 0.893. The van der Waals surface area contributed by atoms with Gasteiger partial charge in [0.15, 0.2) is 33.8 Å². The highest BCUT2D eigenvalue weighted by Gasteiger charge is 2.56. The van der Waals surface area contributed by atoms with Crippen LogP contribution in [0.4, 0.5) is 9.93 Å². The summed E-state index contributed by atoms with van der Waals surface area (Å²) in [7, 11) is 7.87. The summed E-state index contributed by atoms with van der Waals surface area (Å²) in [4.78, 5) is 115. The fourth-order valence-corrected chi connectivity index (χ4v) is 15.9. The molecule has 3 N–H and O–H groups in total. The highest BCUT2D eigenvalue weighted by molar-refractivity contribution is 8.00. The zero-order chi connectivity index (χ0) is 86.8. The Morgan fingerprint density at radius 2 is 1.05 bits per heavy atom. The van der Waals surface area contributed by atoms with E-state index in [1.807, 2.05) is 84.9 Å². The summed E-state index contributed by atoms with van der Waals surface area (Å²) < 4.78 is 70.2. The van der Waals surface area contributed by atoms with E-state index in [1.165, 1.54) is 43.0 Å². The topological polar surface area (TPSA) is 307 Å². The predicted octanol–water partition coefficient (Wildman–Crippen LogP) is 15.0. The Hall–Kier alpha value is -11.4. The molecule has 2 atom stereocenters. The minimum Gasteiger partial charge on any atom is -0.497 e. The smallest absolute Gasteiger partial charge is 0.413 e. The molecule has 0 aliphatic carbocycles. The van der Waals surface area contributed by atoms with Crippen molar-refractivity contribution in [2.24, 2.45) is 5.16 Å². The van der Waals surface area contributed by atoms with Crippen LogP contribution in [0.15, 0.2) is 167 Å². The van der Waals surface area contributed by atoms with Crippen molar-refractivity contribution in [3.05, 3.63) is 217 Å². The van der Waals surface area contributed by atoms with Crippen LogP contribution in [0.25, 0.3) is 0 Å². The first-order chi connectivity index (χ1) is 57.9. The number of halogens is 2. The monoisotopic (exact) mass is 1740 g/mol. The number of esters is 2. The summed E-state index contributed by atoms with van der Waals surface area (Å²) in [6.07, 6.45) is 0.972. The molecule has 3 aliphatic rings. The minimum atomic E-state index is -1.75. The van der Waals surface area contributed by atoms with Crippen molar-refractivity contribution >= 4 is 98.8 Å². The van der Waals surface area contributed by atoms with Gasteiger partial charge < -0.3 is 81.7 Å². The number of benzene rings is 7. The van der Waals surface area contributed by atoms with Crippen LogP contribution in [0.1, 0.15) is 129 Å². The van der Waals surface area contributed by atoms with Gasteiger partial charge >= 0.3 is 18.0 Å². The first-order valence-corrected chi connectivity index (χ1v) is 41.9. The second-order valence-electron chi connectivity index (χ2n) is 31.3. The van der Waals surface area contributed by atoms with Crippen LogP contribution in [0.2, 0.25) is 10.0 Å². The molecule has 28 nitrogen and oxygen atoms in total. The second-order valence-corrected chi connectivity index (χ2v) is 34.0. The maximum atomic E-state index is 15.9. The maximum Gasteiger partial charge on any atom is 0.413 e. The van der Waals surface area contributed by atoms with Gasteiger partial charge in [0.1, 0.15) is 102 Å². The maximum absolute atomic E-state index is 15.9. The van der Waals surface area contributed by atoms with Crippen LogP contribution in [-0.4, -0.2) is 182 Å². The number of thiazole rings is 1. The molecule has 2 saturated heterocycles. The number of nitrogens with zero attached hydrogens (tertiary/aromatic N) is 5. The van der Waals surface area contributed by atoms with Crippen molar-refractivity contribution < 1.29 is 99.7 Å². The Labute approximate surface area is 721 Å². The third-order valence-electron chi connectivity index (χ3n) is 19.7. The number of methoxy groups -OCH3 is 5. The summed E-state index contributed by atoms with van der Waals surface area (Å²) in [5, 5.41) is 13.2. The quantitative estimate of drug-likeness (QED) is 0.00616. The molecule has 121 heavy (non-hydrogen) atoms. The van der Waals surface area contributed by atoms with Crippen molar-refractivity contribution in [2.75, 3.05) is 92.4 Å². The van der Waals surface area contributed by atoms with E-state index in [4.69, 9.17) is 84.9 Å². The van der Waals surface area contributed by atoms with E-state index in [2.05, 4.69) is 26.1 Å². The van der Waals surface area contributed by atoms with E-state index in [-0.39, 0.29) is 126 Å². The lowest BCUT2D eigenvalue weighted by molar-refractivity contribution is -0.911. The summed E-state index contributed by atoms with van der Waals surface area (Å²) in [5.74, 6) is 0.0989. The Morgan fingerprint density at radius 1 is 0.587 bits per heavy atom. The fraction of sp³-hybridized carbons (Fsp3) is 0.382. The van der Waals surface area contributed by atoms with E-state index in [1.54, 1.807) is 136 Å². The van der Waals surface area contributed by atoms with Gasteiger partial charge in [-0.2, -0.15) is 0 Å². The lowest BCUT2D eigenvalue weighted by Gasteiger charge is -2.50. The number of anilines is 1. The van der Waals surface area contributed by atoms with Gasteiger partial charge in [0.2, 0.25) is 5.60 Å². The van der Waals surface area contributed by atoms with E-state index < -0.39 is 75.6 Å². The lowest BCUT2D eigenvalue weighted by atomic mass is 10.0. The van der Waals surface area contributed by atoms with Crippen molar-refractivity contribution in [3.63, 3.8) is 0 Å². The largest absolute Gasteiger partial charge is 0.497 e. The number of carbonyl (C=O) groups is 7. The van der Waals surface area contributed by atoms with Crippen LogP contribution in [-0.2, 0) is 71.3 Å². The number of rotatable bonds is 38. The highest BCUT2D eigenvalue weighted by atomic mass is 35.5. The standard InChI is InChI=1S/C89H100Cl2N8O20S2/c1-87(2,3)117-84(105)89(7,8)119-96-73(68-54-121-85(93-68)95-86(106)118-88(4,5)6)79(101)94-74-81(103)98-75(83(104)116-52-59-25-35-65(111-13)36-26-59)60(53-120-82(74)98)47-99(44-14-15-45-99)46-43-97(80(102)67-38-40-70(113-49-56-19-29-62(108-10)30-20-56)77(72(67)91)115-51-58-23-33-64(110-12)34-24-58)42-16-41-92-78(100)66-37-39-69(112-48-55-17-27-61(107-9)28-18-55)76(71(66)90)114-50-57-21-31-63(109-11)32-22-57/h17-40,54,74,82H,14-16,41-53H2,1-13H3,(H2-,92,93,94,95,100,101,106)/p+1/b96-73-/t74-,82-/m1/s1. The zero-order valence-electron chi connectivity index (χ0n) is 69.9. The van der Waals surface area contributed by atoms with Crippen molar-refractivity contribution in [1.29, 1.82) is 0 Å². The first kappa shape index (κ1) is 90.3. The zero-order valence-corrected chi connectivity index (χ0v) is 73.0. The average molecular weight is 1740 g/mol. The van der Waals surface area contributed by atoms with E-state index >= 15 is 14.4 Å². The predicted molar refractivity (Wildman–Crippen MR) is 458 cm³/mol. The highest BCUT2D eigenvalue weighted by Crippen LogP contribution is 2.45. The van der Waals surface area contributed by atoms with Crippen molar-refractivity contribution in [3.8, 4) is 51.7 Å². The fourth-order valence-electron chi connectivity index (χ4n) is 13.3. The molecule has 642 valence electrons. The Bertz CT molecular complexity index is 5050. The Morgan fingerprint density at radius 3 is 1.53 bits per heavy atom. The first-order valence-electron chi connectivity index (χ1n) is 39.2. The SMILES string of the molecule is COc1ccc(COC(=O)C2=C(C[N+]3(CCN(CCCNC(=O)c4ccc(OCc5ccc(OC)cc5)c(OCc5ccc(OC)cc5)c4Cl)C(=O)c4ccc(OCc5ccc(OC)cc5)c(OCc5ccc(OC)cc5)c4Cl)CCCC3)CS[C@@H]3[C@H](NC(=O)/C(=N\OC(C)(C)C(=O)OC(C)(C)C)c4csc(NC(=O)OC(C)(C)C)n4)C(=O)N23)cc1. The van der Waals surface area contributed by atoms with Crippen LogP contribution >= 0.6 is 46.3 Å². The molecule has 2 fully saturated rings. The second kappa shape index (κ2) is 40.7. The van der Waals surface area contributed by atoms with Gasteiger partial charge in [-0.15, -0.1) is 23.1 Å². The Kier molecular flexibility index (Phi) is 30.4. The number of fused-ring (bicyclic) bond motifs is 1. The molecule has 5 amide bonds. The molecule has 1 aromatic heterocycles. The van der Waals surface area contributed by atoms with Gasteiger partial charge in [-0.3, -0.25) is 29.4 Å². The molecule has 7 aromatic carbocycles. The molecule has 32 heteroatoms. The number of quaternary nitrogens is 1. The number of β-lactam (4-membered cyclic amide) rings is 1. The van der Waals surface area contributed by atoms with Crippen LogP contribution in [0, 0.1) is 0 Å². The molecule has 0 spiro atoms. The van der Waals surface area contributed by atoms with E-state index in [9.17, 15) is 19.2 Å². The number of nitrogens with one attached hydrogen (secondary N) is 3. The van der Waals surface area contributed by atoms with Gasteiger partial charge in [-0.25, -0.2) is 19.4 Å². The molecule has 0 radical (unpaired) electrons. The molecule has 4 heterocycles. The summed E-state index contributed by atoms with van der Waals surface area (Å²) >= 11 is 17.0. The van der Waals surface area contributed by atoms with Gasteiger partial charge in [0, 0.05) is 42.6 Å². The van der Waals surface area contributed by atoms with Gasteiger partial charge in [-0.05, 0) is 175 Å². The number of ether oxygens (including phenoxy) is 12. The summed E-state index contributed by atoms with van der Waals surface area (Å²) in [6.45, 7) is 15.2. The summed E-state index contributed by atoms with van der Waals surface area (Å²) in [5.41, 5.74) is 0.593. The third-order valence-corrected chi connectivity index (χ3v) is 22.6. The van der Waals surface area contributed by atoms with Gasteiger partial charge in [0.25, 0.3) is 23.6 Å². The van der Waals surface area contributed by atoms with Crippen molar-refractivity contribution in [2.45, 2.75) is 136 Å². The molecule has 0 bridgehead atoms. The summed E-state index contributed by atoms with van der Waals surface area (Å²) in [6, 6.07) is 41.6. The molecule has 3 aliphatic heterocycles. The molecule has 11 rings (SSSR count). The number of carbonyl (C=O) groups excluding carboxylic acids is 7. The van der Waals surface area contributed by atoms with E-state index in [0.29, 0.717) is 69.8 Å². The number of hydrogen-bond donors (Lipinski definition) is 3. The number of oxime groups is 1. The average Bonchev–Trinajstić information content (AvgIpc) is 1.20. The number of hydrogen-bond acceptors (Lipinski definition) is 24. The molecular formula is C89H101Cl2N8O20S2+. The van der Waals surface area contributed by atoms with E-state index in [0.717, 1.165) is 46.4 Å². The number of amides is 5. The number of aromatic nitrogens is 1. The van der Waals surface area contributed by atoms with Crippen LogP contribution in [0.3, 0.4) is 0 Å². The minimum absolute atomic E-state index is 0.00420.